The van der Waals surface area contributed by atoms with E-state index in [1.165, 1.54) is 128 Å². The van der Waals surface area contributed by atoms with Crippen LogP contribution >= 0.6 is 0 Å². The Morgan fingerprint density at radius 2 is 0.532 bits per heavy atom. The second-order valence-corrected chi connectivity index (χ2v) is 20.6. The summed E-state index contributed by atoms with van der Waals surface area (Å²) in [7, 11) is 0. The van der Waals surface area contributed by atoms with Gasteiger partial charge in [0.2, 0.25) is 0 Å². The first kappa shape index (κ1) is 72.5. The van der Waals surface area contributed by atoms with Crippen molar-refractivity contribution in [2.75, 3.05) is 13.2 Å². The molecule has 6 nitrogen and oxygen atoms in total. The third-order valence-electron chi connectivity index (χ3n) is 13.1. The van der Waals surface area contributed by atoms with Crippen molar-refractivity contribution in [1.82, 2.24) is 0 Å². The first-order valence-corrected chi connectivity index (χ1v) is 31.7. The van der Waals surface area contributed by atoms with E-state index in [0.717, 1.165) is 103 Å². The lowest BCUT2D eigenvalue weighted by Gasteiger charge is -2.18. The topological polar surface area (TPSA) is 78.9 Å². The van der Waals surface area contributed by atoms with Gasteiger partial charge in [0, 0.05) is 19.3 Å². The second kappa shape index (κ2) is 64.1. The molecule has 0 heterocycles. The van der Waals surface area contributed by atoms with Crippen molar-refractivity contribution in [3.8, 4) is 0 Å². The largest absolute Gasteiger partial charge is 0.462 e. The summed E-state index contributed by atoms with van der Waals surface area (Å²) in [6.07, 6.45) is 90.3. The van der Waals surface area contributed by atoms with Gasteiger partial charge < -0.3 is 14.2 Å². The van der Waals surface area contributed by atoms with Crippen molar-refractivity contribution in [2.45, 2.75) is 284 Å². The van der Waals surface area contributed by atoms with E-state index in [-0.39, 0.29) is 37.5 Å². The minimum Gasteiger partial charge on any atom is -0.462 e. The Morgan fingerprint density at radius 1 is 0.273 bits per heavy atom. The Kier molecular flexibility index (Phi) is 60.4. The van der Waals surface area contributed by atoms with Crippen molar-refractivity contribution in [3.05, 3.63) is 134 Å². The highest BCUT2D eigenvalue weighted by atomic mass is 16.6. The van der Waals surface area contributed by atoms with E-state index in [2.05, 4.69) is 148 Å². The van der Waals surface area contributed by atoms with E-state index in [1.54, 1.807) is 0 Å². The summed E-state index contributed by atoms with van der Waals surface area (Å²) < 4.78 is 16.8. The zero-order chi connectivity index (χ0) is 55.7. The standard InChI is InChI=1S/C71H116O6/c1-4-7-10-13-16-19-22-25-28-31-34-35-38-41-44-47-50-53-56-59-62-65-71(74)77-68(66-75-69(72)63-60-57-54-51-48-45-42-39-36-32-29-26-23-20-17-14-11-8-5-2)67-76-70(73)64-61-58-55-52-49-46-43-40-37-33-30-27-24-21-18-15-12-9-6-3/h8,11,17-18,20-21,25-30,36-37,39-40,45-46,48-49,55,58,68H,4-7,9-10,12-16,19,22-24,31-35,38,41-44,47,50-54,56-57,59-67H2,1-3H3/b11-8-,20-17-,21-18-,28-25-,29-26-,30-27-,39-36-,40-37-,48-45-,49-46-,58-55-/t68-/m1/s1. The summed E-state index contributed by atoms with van der Waals surface area (Å²) in [5.41, 5.74) is 0. The molecule has 0 N–H and O–H groups in total. The van der Waals surface area contributed by atoms with Gasteiger partial charge >= 0.3 is 17.9 Å². The molecule has 77 heavy (non-hydrogen) atoms. The van der Waals surface area contributed by atoms with Gasteiger partial charge in [0.05, 0.1) is 0 Å². The van der Waals surface area contributed by atoms with Crippen LogP contribution in [0.2, 0.25) is 0 Å². The van der Waals surface area contributed by atoms with Gasteiger partial charge in [0.25, 0.3) is 0 Å². The van der Waals surface area contributed by atoms with Crippen LogP contribution in [0.15, 0.2) is 134 Å². The lowest BCUT2D eigenvalue weighted by Crippen LogP contribution is -2.30. The second-order valence-electron chi connectivity index (χ2n) is 20.6. The summed E-state index contributed by atoms with van der Waals surface area (Å²) in [6.45, 7) is 6.41. The number of hydrogen-bond donors (Lipinski definition) is 0. The van der Waals surface area contributed by atoms with E-state index in [4.69, 9.17) is 14.2 Å². The van der Waals surface area contributed by atoms with Gasteiger partial charge in [-0.1, -0.05) is 264 Å². The number of carbonyl (C=O) groups excluding carboxylic acids is 3. The SMILES string of the molecule is CC/C=C\C/C=C\C/C=C\C/C=C\C/C=C\CCCCCC(=O)OC[C@H](COC(=O)CC/C=C\C/C=C\C/C=C\C/C=C\C/C=C\CCCCC)OC(=O)CCCCCCCCCCCCC/C=C\CCCCCCCC. The van der Waals surface area contributed by atoms with E-state index in [0.29, 0.717) is 19.3 Å². The van der Waals surface area contributed by atoms with E-state index in [1.807, 2.05) is 6.08 Å². The monoisotopic (exact) mass is 1060 g/mol. The number of hydrogen-bond acceptors (Lipinski definition) is 6. The van der Waals surface area contributed by atoms with Crippen LogP contribution in [0.1, 0.15) is 278 Å². The zero-order valence-electron chi connectivity index (χ0n) is 49.9. The van der Waals surface area contributed by atoms with Gasteiger partial charge in [-0.3, -0.25) is 14.4 Å². The van der Waals surface area contributed by atoms with E-state index >= 15 is 0 Å². The van der Waals surface area contributed by atoms with Gasteiger partial charge in [-0.2, -0.15) is 0 Å². The minimum atomic E-state index is -0.829. The zero-order valence-corrected chi connectivity index (χ0v) is 49.9. The molecule has 0 bridgehead atoms. The third kappa shape index (κ3) is 62.3. The quantitative estimate of drug-likeness (QED) is 0.0261. The maximum atomic E-state index is 12.9. The molecule has 0 aromatic carbocycles. The lowest BCUT2D eigenvalue weighted by atomic mass is 10.0. The highest BCUT2D eigenvalue weighted by Crippen LogP contribution is 2.15. The van der Waals surface area contributed by atoms with Crippen molar-refractivity contribution in [2.24, 2.45) is 0 Å². The minimum absolute atomic E-state index is 0.122. The van der Waals surface area contributed by atoms with Gasteiger partial charge in [-0.05, 0) is 128 Å². The van der Waals surface area contributed by atoms with Crippen molar-refractivity contribution < 1.29 is 28.6 Å². The molecule has 0 amide bonds. The molecule has 0 spiro atoms. The molecule has 0 aromatic heterocycles. The summed E-state index contributed by atoms with van der Waals surface area (Å²) in [5.74, 6) is -1.03. The Balaban J connectivity index is 4.55. The first-order valence-electron chi connectivity index (χ1n) is 31.7. The third-order valence-corrected chi connectivity index (χ3v) is 13.1. The fraction of sp³-hybridized carbons (Fsp3) is 0.648. The molecule has 0 aromatic rings. The van der Waals surface area contributed by atoms with Crippen molar-refractivity contribution in [3.63, 3.8) is 0 Å². The van der Waals surface area contributed by atoms with Crippen LogP contribution in [-0.2, 0) is 28.6 Å². The normalized spacial score (nSPS) is 13.0. The van der Waals surface area contributed by atoms with Crippen LogP contribution < -0.4 is 0 Å². The molecule has 0 fully saturated rings. The predicted molar refractivity (Wildman–Crippen MR) is 334 cm³/mol. The Labute approximate surface area is 475 Å². The van der Waals surface area contributed by atoms with Crippen LogP contribution in [0.3, 0.4) is 0 Å². The molecular weight excluding hydrogens is 949 g/mol. The molecule has 0 rings (SSSR count). The maximum absolute atomic E-state index is 12.9. The average Bonchev–Trinajstić information content (AvgIpc) is 3.43. The smallest absolute Gasteiger partial charge is 0.306 e. The van der Waals surface area contributed by atoms with Crippen LogP contribution in [-0.4, -0.2) is 37.2 Å². The molecule has 0 aliphatic rings. The fourth-order valence-electron chi connectivity index (χ4n) is 8.39. The number of ether oxygens (including phenoxy) is 3. The molecule has 436 valence electrons. The Bertz CT molecular complexity index is 1650. The lowest BCUT2D eigenvalue weighted by molar-refractivity contribution is -0.166. The number of rotatable bonds is 56. The average molecular weight is 1070 g/mol. The van der Waals surface area contributed by atoms with Crippen LogP contribution in [0.25, 0.3) is 0 Å². The maximum Gasteiger partial charge on any atom is 0.306 e. The van der Waals surface area contributed by atoms with Crippen LogP contribution in [0.4, 0.5) is 0 Å². The highest BCUT2D eigenvalue weighted by molar-refractivity contribution is 5.71. The molecular formula is C71H116O6. The molecule has 0 aliphatic heterocycles. The molecule has 0 saturated heterocycles. The molecule has 1 atom stereocenters. The molecule has 6 heteroatoms. The molecule has 0 aliphatic carbocycles. The van der Waals surface area contributed by atoms with Gasteiger partial charge in [0.15, 0.2) is 6.10 Å². The number of carbonyl (C=O) groups is 3. The Hall–Kier alpha value is -4.45. The summed E-state index contributed by atoms with van der Waals surface area (Å²) in [4.78, 5) is 38.3. The van der Waals surface area contributed by atoms with Gasteiger partial charge in [-0.15, -0.1) is 0 Å². The number of allylic oxidation sites excluding steroid dienone is 22. The number of esters is 3. The van der Waals surface area contributed by atoms with E-state index < -0.39 is 6.10 Å². The van der Waals surface area contributed by atoms with E-state index in [9.17, 15) is 14.4 Å². The summed E-state index contributed by atoms with van der Waals surface area (Å²) in [6, 6.07) is 0. The van der Waals surface area contributed by atoms with Crippen molar-refractivity contribution in [1.29, 1.82) is 0 Å². The van der Waals surface area contributed by atoms with Crippen molar-refractivity contribution >= 4 is 17.9 Å². The first-order chi connectivity index (χ1) is 38.0. The van der Waals surface area contributed by atoms with Gasteiger partial charge in [-0.25, -0.2) is 0 Å². The molecule has 0 saturated carbocycles. The Morgan fingerprint density at radius 3 is 0.922 bits per heavy atom. The fourth-order valence-corrected chi connectivity index (χ4v) is 8.39. The molecule has 0 radical (unpaired) electrons. The highest BCUT2D eigenvalue weighted by Gasteiger charge is 2.19. The van der Waals surface area contributed by atoms with Crippen LogP contribution in [0, 0.1) is 0 Å². The predicted octanol–water partition coefficient (Wildman–Crippen LogP) is 21.8. The molecule has 0 unspecified atom stereocenters. The number of unbranched alkanes of at least 4 members (excludes halogenated alkanes) is 23. The van der Waals surface area contributed by atoms with Crippen LogP contribution in [0.5, 0.6) is 0 Å². The summed E-state index contributed by atoms with van der Waals surface area (Å²) >= 11 is 0. The summed E-state index contributed by atoms with van der Waals surface area (Å²) in [5, 5.41) is 0. The van der Waals surface area contributed by atoms with Gasteiger partial charge in [0.1, 0.15) is 13.2 Å².